The molecule has 1 heterocycles. The third-order valence-corrected chi connectivity index (χ3v) is 6.10. The van der Waals surface area contributed by atoms with Crippen molar-refractivity contribution >= 4 is 15.7 Å². The molecule has 0 unspecified atom stereocenters. The van der Waals surface area contributed by atoms with E-state index in [2.05, 4.69) is 11.4 Å². The minimum atomic E-state index is -3.20. The smallest absolute Gasteiger partial charge is 0.235 e. The first kappa shape index (κ1) is 14.9. The minimum Gasteiger partial charge on any atom is -0.314 e. The first-order chi connectivity index (χ1) is 10.2. The third kappa shape index (κ3) is 3.77. The number of rotatable bonds is 6. The highest BCUT2D eigenvalue weighted by Gasteiger charge is 2.26. The van der Waals surface area contributed by atoms with Gasteiger partial charge in [-0.05, 0) is 56.7 Å². The van der Waals surface area contributed by atoms with Gasteiger partial charge in [0.15, 0.2) is 0 Å². The average molecular weight is 308 g/mol. The molecule has 0 bridgehead atoms. The van der Waals surface area contributed by atoms with Gasteiger partial charge in [0, 0.05) is 12.6 Å². The molecule has 1 N–H and O–H groups in total. The lowest BCUT2D eigenvalue weighted by Gasteiger charge is -2.24. The number of nitrogens with zero attached hydrogens (tertiary/aromatic N) is 1. The number of nitrogens with one attached hydrogen (secondary N) is 1. The number of aryl methyl sites for hydroxylation is 1. The molecule has 1 aromatic carbocycles. The first-order valence-corrected chi connectivity index (χ1v) is 9.59. The third-order valence-electron chi connectivity index (χ3n) is 4.24. The molecule has 5 heteroatoms. The van der Waals surface area contributed by atoms with Gasteiger partial charge in [0.2, 0.25) is 10.0 Å². The summed E-state index contributed by atoms with van der Waals surface area (Å²) in [4.78, 5) is 0. The van der Waals surface area contributed by atoms with E-state index < -0.39 is 10.0 Å². The Balaban J connectivity index is 1.68. The van der Waals surface area contributed by atoms with Gasteiger partial charge < -0.3 is 5.32 Å². The molecule has 1 fully saturated rings. The topological polar surface area (TPSA) is 49.4 Å². The van der Waals surface area contributed by atoms with Crippen molar-refractivity contribution < 1.29 is 8.42 Å². The van der Waals surface area contributed by atoms with Crippen LogP contribution in [0.4, 0.5) is 5.69 Å². The average Bonchev–Trinajstić information content (AvgIpc) is 3.29. The van der Waals surface area contributed by atoms with E-state index >= 15 is 0 Å². The fourth-order valence-electron chi connectivity index (χ4n) is 2.90. The van der Waals surface area contributed by atoms with Gasteiger partial charge >= 0.3 is 0 Å². The Kier molecular flexibility index (Phi) is 4.50. The van der Waals surface area contributed by atoms with Crippen molar-refractivity contribution in [3.63, 3.8) is 0 Å². The predicted octanol–water partition coefficient (Wildman–Crippen LogP) is 2.30. The molecule has 1 aromatic rings. The lowest BCUT2D eigenvalue weighted by atomic mass is 10.1. The van der Waals surface area contributed by atoms with E-state index in [1.54, 1.807) is 4.31 Å². The second-order valence-electron chi connectivity index (χ2n) is 6.06. The van der Waals surface area contributed by atoms with Gasteiger partial charge in [0.25, 0.3) is 0 Å². The molecule has 1 saturated carbocycles. The highest BCUT2D eigenvalue weighted by atomic mass is 32.2. The lowest BCUT2D eigenvalue weighted by molar-refractivity contribution is 0.582. The fraction of sp³-hybridized carbons (Fsp3) is 0.625. The predicted molar refractivity (Wildman–Crippen MR) is 86.2 cm³/mol. The Morgan fingerprint density at radius 2 is 2.00 bits per heavy atom. The lowest BCUT2D eigenvalue weighted by Crippen LogP contribution is -2.34. The van der Waals surface area contributed by atoms with Crippen molar-refractivity contribution in [1.82, 2.24) is 5.32 Å². The van der Waals surface area contributed by atoms with Crippen LogP contribution in [0, 0.1) is 0 Å². The molecule has 0 radical (unpaired) electrons. The standard InChI is InChI=1S/C16H24N2O2S/c19-21(20,13-5-11-17-15-9-10-15)18-12-4-3-7-14-6-1-2-8-16(14)18/h1-2,6,8,15,17H,3-5,7,9-13H2. The van der Waals surface area contributed by atoms with Crippen LogP contribution in [-0.4, -0.2) is 33.3 Å². The Morgan fingerprint density at radius 1 is 1.19 bits per heavy atom. The molecule has 21 heavy (non-hydrogen) atoms. The summed E-state index contributed by atoms with van der Waals surface area (Å²) >= 11 is 0. The summed E-state index contributed by atoms with van der Waals surface area (Å²) < 4.78 is 27.0. The van der Waals surface area contributed by atoms with Gasteiger partial charge in [-0.25, -0.2) is 8.42 Å². The summed E-state index contributed by atoms with van der Waals surface area (Å²) in [6, 6.07) is 8.57. The largest absolute Gasteiger partial charge is 0.314 e. The van der Waals surface area contributed by atoms with Crippen molar-refractivity contribution in [1.29, 1.82) is 0 Å². The molecule has 1 aliphatic carbocycles. The monoisotopic (exact) mass is 308 g/mol. The number of anilines is 1. The molecule has 3 rings (SSSR count). The number of para-hydroxylation sites is 1. The first-order valence-electron chi connectivity index (χ1n) is 7.98. The zero-order valence-corrected chi connectivity index (χ0v) is 13.2. The Morgan fingerprint density at radius 3 is 2.81 bits per heavy atom. The van der Waals surface area contributed by atoms with E-state index in [4.69, 9.17) is 0 Å². The number of hydrogen-bond donors (Lipinski definition) is 1. The molecule has 0 saturated heterocycles. The summed E-state index contributed by atoms with van der Waals surface area (Å²) in [5.74, 6) is 0.237. The quantitative estimate of drug-likeness (QED) is 0.820. The van der Waals surface area contributed by atoms with Crippen molar-refractivity contribution in [2.75, 3.05) is 23.1 Å². The van der Waals surface area contributed by atoms with Crippen molar-refractivity contribution in [2.24, 2.45) is 0 Å². The van der Waals surface area contributed by atoms with Crippen LogP contribution in [0.3, 0.4) is 0 Å². The van der Waals surface area contributed by atoms with Crippen LogP contribution >= 0.6 is 0 Å². The van der Waals surface area contributed by atoms with Crippen molar-refractivity contribution in [3.05, 3.63) is 29.8 Å². The van der Waals surface area contributed by atoms with Gasteiger partial charge in [-0.3, -0.25) is 4.31 Å². The van der Waals surface area contributed by atoms with Crippen LogP contribution in [0.15, 0.2) is 24.3 Å². The molecule has 0 atom stereocenters. The summed E-state index contributed by atoms with van der Waals surface area (Å²) in [6.45, 7) is 1.43. The van der Waals surface area contributed by atoms with Gasteiger partial charge in [0.1, 0.15) is 0 Å². The molecule has 2 aliphatic rings. The number of sulfonamides is 1. The highest BCUT2D eigenvalue weighted by molar-refractivity contribution is 7.92. The van der Waals surface area contributed by atoms with E-state index in [9.17, 15) is 8.42 Å². The van der Waals surface area contributed by atoms with Crippen LogP contribution in [-0.2, 0) is 16.4 Å². The maximum atomic E-state index is 12.7. The number of hydrogen-bond acceptors (Lipinski definition) is 3. The van der Waals surface area contributed by atoms with Gasteiger partial charge in [0.05, 0.1) is 11.4 Å². The molecule has 116 valence electrons. The van der Waals surface area contributed by atoms with Crippen molar-refractivity contribution in [2.45, 2.75) is 44.6 Å². The molecule has 0 aromatic heterocycles. The summed E-state index contributed by atoms with van der Waals surface area (Å²) in [7, 11) is -3.20. The second kappa shape index (κ2) is 6.36. The molecular weight excluding hydrogens is 284 g/mol. The van der Waals surface area contributed by atoms with E-state index in [-0.39, 0.29) is 5.75 Å². The van der Waals surface area contributed by atoms with Crippen LogP contribution in [0.5, 0.6) is 0 Å². The van der Waals surface area contributed by atoms with Crippen LogP contribution in [0.2, 0.25) is 0 Å². The van der Waals surface area contributed by atoms with E-state index in [0.717, 1.165) is 37.1 Å². The fourth-order valence-corrected chi connectivity index (χ4v) is 4.52. The van der Waals surface area contributed by atoms with Crippen LogP contribution in [0.1, 0.15) is 37.7 Å². The number of fused-ring (bicyclic) bond motifs is 1. The normalized spacial score (nSPS) is 19.1. The van der Waals surface area contributed by atoms with Crippen LogP contribution < -0.4 is 9.62 Å². The molecule has 1 aliphatic heterocycles. The molecule has 4 nitrogen and oxygen atoms in total. The maximum Gasteiger partial charge on any atom is 0.235 e. The summed E-state index contributed by atoms with van der Waals surface area (Å²) in [5, 5.41) is 3.38. The SMILES string of the molecule is O=S(=O)(CCCNC1CC1)N1CCCCc2ccccc21. The summed E-state index contributed by atoms with van der Waals surface area (Å²) in [6.07, 6.45) is 6.15. The maximum absolute atomic E-state index is 12.7. The van der Waals surface area contributed by atoms with Gasteiger partial charge in [-0.2, -0.15) is 0 Å². The Hall–Kier alpha value is -1.07. The molecule has 0 spiro atoms. The summed E-state index contributed by atoms with van der Waals surface area (Å²) in [5.41, 5.74) is 2.06. The van der Waals surface area contributed by atoms with E-state index in [1.807, 2.05) is 18.2 Å². The zero-order chi connectivity index (χ0) is 14.7. The molecular formula is C16H24N2O2S. The Bertz CT molecular complexity index is 582. The van der Waals surface area contributed by atoms with Crippen molar-refractivity contribution in [3.8, 4) is 0 Å². The number of benzene rings is 1. The van der Waals surface area contributed by atoms with Crippen LogP contribution in [0.25, 0.3) is 0 Å². The minimum absolute atomic E-state index is 0.237. The van der Waals surface area contributed by atoms with Gasteiger partial charge in [-0.1, -0.05) is 18.2 Å². The zero-order valence-electron chi connectivity index (χ0n) is 12.4. The second-order valence-corrected chi connectivity index (χ2v) is 8.07. The van der Waals surface area contributed by atoms with E-state index in [1.165, 1.54) is 12.8 Å². The van der Waals surface area contributed by atoms with Gasteiger partial charge in [-0.15, -0.1) is 0 Å². The van der Waals surface area contributed by atoms with E-state index in [0.29, 0.717) is 19.0 Å². The Labute approximate surface area is 127 Å². The highest BCUT2D eigenvalue weighted by Crippen LogP contribution is 2.28. The molecule has 0 amide bonds.